The number of rotatable bonds is 3. The molecule has 0 aliphatic heterocycles. The van der Waals surface area contributed by atoms with Crippen LogP contribution < -0.4 is 0 Å². The van der Waals surface area contributed by atoms with Gasteiger partial charge in [-0.3, -0.25) is 0 Å². The van der Waals surface area contributed by atoms with Crippen LogP contribution in [0.1, 0.15) is 32.6 Å². The van der Waals surface area contributed by atoms with Crippen LogP contribution in [0, 0.1) is 0 Å². The maximum Gasteiger partial charge on any atom is 0.195 e. The Morgan fingerprint density at radius 3 is 2.06 bits per heavy atom. The van der Waals surface area contributed by atoms with Crippen LogP contribution in [0.3, 0.4) is 0 Å². The first-order chi connectivity index (χ1) is 7.24. The maximum atomic E-state index is 10.0. The molecule has 1 N–H and O–H groups in total. The molecule has 0 radical (unpaired) electrons. The summed E-state index contributed by atoms with van der Waals surface area (Å²) < 4.78 is 5.88. The Morgan fingerprint density at radius 1 is 1.12 bits per heavy atom. The van der Waals surface area contributed by atoms with Crippen LogP contribution in [0.5, 0.6) is 0 Å². The summed E-state index contributed by atoms with van der Waals surface area (Å²) in [4.78, 5) is 0. The zero-order valence-electron chi connectivity index (χ0n) is 10.8. The minimum absolute atomic E-state index is 0.114. The van der Waals surface area contributed by atoms with Gasteiger partial charge in [-0.1, -0.05) is 51.1 Å². The van der Waals surface area contributed by atoms with Gasteiger partial charge in [0.2, 0.25) is 0 Å². The molecule has 3 heteroatoms. The smallest absolute Gasteiger partial charge is 0.195 e. The van der Waals surface area contributed by atoms with Crippen molar-refractivity contribution in [2.24, 2.45) is 0 Å². The number of hydrogen-bond donors (Lipinski definition) is 1. The topological polar surface area (TPSA) is 29.5 Å². The van der Waals surface area contributed by atoms with Crippen molar-refractivity contribution in [1.29, 1.82) is 0 Å². The maximum absolute atomic E-state index is 10.0. The van der Waals surface area contributed by atoms with Gasteiger partial charge in [0, 0.05) is 5.56 Å². The van der Waals surface area contributed by atoms with Crippen molar-refractivity contribution in [3.05, 3.63) is 35.9 Å². The molecule has 0 aliphatic carbocycles. The van der Waals surface area contributed by atoms with E-state index in [9.17, 15) is 5.11 Å². The summed E-state index contributed by atoms with van der Waals surface area (Å²) in [5, 5.41) is 10.1. The Morgan fingerprint density at radius 2 is 1.62 bits per heavy atom. The third-order valence-corrected chi connectivity index (χ3v) is 7.72. The Labute approximate surface area is 99.4 Å². The molecule has 0 aliphatic rings. The molecule has 1 atom stereocenters. The molecule has 1 aromatic rings. The fourth-order valence-electron chi connectivity index (χ4n) is 1.14. The van der Waals surface area contributed by atoms with Gasteiger partial charge in [0.05, 0.1) is 0 Å². The Hall–Kier alpha value is -0.643. The van der Waals surface area contributed by atoms with E-state index in [0.29, 0.717) is 0 Å². The molecule has 0 heterocycles. The lowest BCUT2D eigenvalue weighted by molar-refractivity contribution is -0.0306. The van der Waals surface area contributed by atoms with Crippen LogP contribution in [0.2, 0.25) is 18.1 Å². The lowest BCUT2D eigenvalue weighted by Gasteiger charge is -2.37. The highest BCUT2D eigenvalue weighted by molar-refractivity contribution is 6.74. The zero-order chi connectivity index (χ0) is 12.4. The van der Waals surface area contributed by atoms with E-state index in [2.05, 4.69) is 33.9 Å². The Bertz CT molecular complexity index is 328. The van der Waals surface area contributed by atoms with Crippen molar-refractivity contribution in [3.63, 3.8) is 0 Å². The summed E-state index contributed by atoms with van der Waals surface area (Å²) in [5.41, 5.74) is 0.826. The summed E-state index contributed by atoms with van der Waals surface area (Å²) >= 11 is 0. The number of aliphatic hydroxyl groups is 1. The van der Waals surface area contributed by atoms with Crippen molar-refractivity contribution in [1.82, 2.24) is 0 Å². The van der Waals surface area contributed by atoms with E-state index in [1.54, 1.807) is 0 Å². The molecular weight excluding hydrogens is 216 g/mol. The van der Waals surface area contributed by atoms with E-state index in [-0.39, 0.29) is 5.04 Å². The van der Waals surface area contributed by atoms with E-state index in [1.165, 1.54) is 0 Å². The predicted octanol–water partition coefficient (Wildman–Crippen LogP) is 3.70. The van der Waals surface area contributed by atoms with Gasteiger partial charge >= 0.3 is 0 Å². The normalized spacial score (nSPS) is 14.9. The van der Waals surface area contributed by atoms with E-state index in [0.717, 1.165) is 5.56 Å². The van der Waals surface area contributed by atoms with Crippen molar-refractivity contribution < 1.29 is 9.53 Å². The minimum atomic E-state index is -1.90. The standard InChI is InChI=1S/C13H22O2Si/c1-13(2,3)16(4,5)15-12(14)11-9-7-6-8-10-11/h6-10,12,14H,1-5H3. The third-order valence-electron chi connectivity index (χ3n) is 3.30. The van der Waals surface area contributed by atoms with Gasteiger partial charge in [-0.2, -0.15) is 0 Å². The quantitative estimate of drug-likeness (QED) is 0.642. The lowest BCUT2D eigenvalue weighted by atomic mass is 10.2. The second kappa shape index (κ2) is 4.70. The first kappa shape index (κ1) is 13.4. The highest BCUT2D eigenvalue weighted by Gasteiger charge is 2.39. The van der Waals surface area contributed by atoms with Gasteiger partial charge in [0.15, 0.2) is 14.6 Å². The summed E-state index contributed by atoms with van der Waals surface area (Å²) in [5.74, 6) is 0. The number of aliphatic hydroxyl groups excluding tert-OH is 1. The van der Waals surface area contributed by atoms with Gasteiger partial charge in [-0.25, -0.2) is 0 Å². The van der Waals surface area contributed by atoms with Gasteiger partial charge in [0.25, 0.3) is 0 Å². The monoisotopic (exact) mass is 238 g/mol. The molecule has 0 spiro atoms. The molecule has 90 valence electrons. The number of benzene rings is 1. The second-order valence-corrected chi connectivity index (χ2v) is 10.4. The third kappa shape index (κ3) is 3.17. The fraction of sp³-hybridized carbons (Fsp3) is 0.538. The van der Waals surface area contributed by atoms with Crippen LogP contribution in [0.4, 0.5) is 0 Å². The van der Waals surface area contributed by atoms with E-state index in [4.69, 9.17) is 4.43 Å². The molecule has 0 amide bonds. The lowest BCUT2D eigenvalue weighted by Crippen LogP contribution is -2.41. The highest BCUT2D eigenvalue weighted by Crippen LogP contribution is 2.39. The molecule has 1 rings (SSSR count). The van der Waals surface area contributed by atoms with Crippen LogP contribution in [0.25, 0.3) is 0 Å². The molecule has 0 saturated carbocycles. The van der Waals surface area contributed by atoms with Gasteiger partial charge in [-0.05, 0) is 18.1 Å². The fourth-order valence-corrected chi connectivity index (χ4v) is 2.19. The number of hydrogen-bond acceptors (Lipinski definition) is 2. The Balaban J connectivity index is 2.76. The molecule has 0 aromatic heterocycles. The largest absolute Gasteiger partial charge is 0.389 e. The SMILES string of the molecule is CC(C)(C)[Si](C)(C)OC(O)c1ccccc1. The van der Waals surface area contributed by atoms with E-state index >= 15 is 0 Å². The van der Waals surface area contributed by atoms with Crippen LogP contribution in [-0.2, 0) is 4.43 Å². The summed E-state index contributed by atoms with van der Waals surface area (Å²) in [7, 11) is -1.90. The average Bonchev–Trinajstić information content (AvgIpc) is 2.16. The molecular formula is C13H22O2Si. The summed E-state index contributed by atoms with van der Waals surface area (Å²) in [6.45, 7) is 10.8. The van der Waals surface area contributed by atoms with Crippen molar-refractivity contribution in [2.75, 3.05) is 0 Å². The first-order valence-electron chi connectivity index (χ1n) is 5.65. The predicted molar refractivity (Wildman–Crippen MR) is 69.7 cm³/mol. The average molecular weight is 238 g/mol. The molecule has 1 aromatic carbocycles. The zero-order valence-corrected chi connectivity index (χ0v) is 11.8. The van der Waals surface area contributed by atoms with E-state index in [1.807, 2.05) is 30.3 Å². The summed E-state index contributed by atoms with van der Waals surface area (Å²) in [6.07, 6.45) is -0.804. The van der Waals surface area contributed by atoms with Gasteiger partial charge < -0.3 is 9.53 Å². The first-order valence-corrected chi connectivity index (χ1v) is 8.56. The van der Waals surface area contributed by atoms with Crippen LogP contribution >= 0.6 is 0 Å². The van der Waals surface area contributed by atoms with Crippen molar-refractivity contribution in [3.8, 4) is 0 Å². The minimum Gasteiger partial charge on any atom is -0.389 e. The van der Waals surface area contributed by atoms with E-state index < -0.39 is 14.6 Å². The highest BCUT2D eigenvalue weighted by atomic mass is 28.4. The summed E-state index contributed by atoms with van der Waals surface area (Å²) in [6, 6.07) is 9.53. The molecule has 1 unspecified atom stereocenters. The Kier molecular flexibility index (Phi) is 3.94. The molecule has 2 nitrogen and oxygen atoms in total. The molecule has 16 heavy (non-hydrogen) atoms. The van der Waals surface area contributed by atoms with Crippen LogP contribution in [-0.4, -0.2) is 13.4 Å². The molecule has 0 saturated heterocycles. The molecule has 0 bridgehead atoms. The van der Waals surface area contributed by atoms with Crippen LogP contribution in [0.15, 0.2) is 30.3 Å². The van der Waals surface area contributed by atoms with Gasteiger partial charge in [0.1, 0.15) is 0 Å². The van der Waals surface area contributed by atoms with Gasteiger partial charge in [-0.15, -0.1) is 0 Å². The second-order valence-electron chi connectivity index (χ2n) is 5.64. The van der Waals surface area contributed by atoms with Crippen molar-refractivity contribution >= 4 is 8.32 Å². The van der Waals surface area contributed by atoms with Crippen molar-refractivity contribution in [2.45, 2.75) is 45.2 Å². The molecule has 0 fully saturated rings.